The highest BCUT2D eigenvalue weighted by atomic mass is 16.5. The summed E-state index contributed by atoms with van der Waals surface area (Å²) in [6.45, 7) is 1.62. The fraction of sp³-hybridized carbons (Fsp3) is 0.455. The highest BCUT2D eigenvalue weighted by Crippen LogP contribution is 2.31. The molecule has 0 bridgehead atoms. The van der Waals surface area contributed by atoms with E-state index in [0.29, 0.717) is 17.9 Å². The minimum absolute atomic E-state index is 0.00420. The van der Waals surface area contributed by atoms with E-state index in [9.17, 15) is 9.90 Å². The summed E-state index contributed by atoms with van der Waals surface area (Å²) in [4.78, 5) is 19.3. The second kappa shape index (κ2) is 7.89. The van der Waals surface area contributed by atoms with Crippen LogP contribution in [0.2, 0.25) is 0 Å². The van der Waals surface area contributed by atoms with Crippen molar-refractivity contribution in [1.82, 2.24) is 9.88 Å². The second-order valence-electron chi connectivity index (χ2n) is 7.79. The average molecular weight is 381 g/mol. The fourth-order valence-electron chi connectivity index (χ4n) is 4.55. The highest BCUT2D eigenvalue weighted by Gasteiger charge is 2.35. The molecular formula is C22H27N3O3. The van der Waals surface area contributed by atoms with Gasteiger partial charge < -0.3 is 15.6 Å². The van der Waals surface area contributed by atoms with E-state index in [2.05, 4.69) is 16.0 Å². The van der Waals surface area contributed by atoms with Crippen LogP contribution in [0.5, 0.6) is 5.88 Å². The number of ether oxygens (including phenoxy) is 1. The number of piperidine rings is 1. The molecule has 28 heavy (non-hydrogen) atoms. The summed E-state index contributed by atoms with van der Waals surface area (Å²) in [6.07, 6.45) is 4.20. The molecule has 1 aromatic carbocycles. The Morgan fingerprint density at radius 1 is 1.21 bits per heavy atom. The number of carbonyl (C=O) groups excluding carboxylic acids is 1. The largest absolute Gasteiger partial charge is 0.481 e. The summed E-state index contributed by atoms with van der Waals surface area (Å²) < 4.78 is 5.06. The lowest BCUT2D eigenvalue weighted by Gasteiger charge is -2.42. The predicted molar refractivity (Wildman–Crippen MR) is 107 cm³/mol. The number of methoxy groups -OCH3 is 1. The Labute approximate surface area is 165 Å². The predicted octanol–water partition coefficient (Wildman–Crippen LogP) is 2.10. The van der Waals surface area contributed by atoms with Crippen LogP contribution in [0, 0.1) is 5.92 Å². The molecule has 0 amide bonds. The van der Waals surface area contributed by atoms with E-state index < -0.39 is 6.10 Å². The first-order valence-corrected chi connectivity index (χ1v) is 9.89. The molecule has 2 atom stereocenters. The Morgan fingerprint density at radius 2 is 2.00 bits per heavy atom. The number of aliphatic hydroxyl groups is 1. The first-order chi connectivity index (χ1) is 13.6. The van der Waals surface area contributed by atoms with Crippen molar-refractivity contribution >= 4 is 11.5 Å². The summed E-state index contributed by atoms with van der Waals surface area (Å²) in [7, 11) is 1.56. The van der Waals surface area contributed by atoms with Crippen LogP contribution in [0.4, 0.5) is 5.69 Å². The molecule has 1 fully saturated rings. The van der Waals surface area contributed by atoms with Crippen molar-refractivity contribution in [2.75, 3.05) is 25.9 Å². The van der Waals surface area contributed by atoms with E-state index >= 15 is 0 Å². The number of ketones is 1. The molecule has 3 N–H and O–H groups in total. The molecule has 2 unspecified atom stereocenters. The minimum atomic E-state index is -0.396. The van der Waals surface area contributed by atoms with Gasteiger partial charge in [0.15, 0.2) is 5.78 Å². The summed E-state index contributed by atoms with van der Waals surface area (Å²) >= 11 is 0. The third-order valence-electron chi connectivity index (χ3n) is 6.20. The number of fused-ring (bicyclic) bond motifs is 1. The van der Waals surface area contributed by atoms with E-state index in [1.54, 1.807) is 25.4 Å². The number of aliphatic hydroxyl groups excluding tert-OH is 1. The van der Waals surface area contributed by atoms with Gasteiger partial charge in [0, 0.05) is 41.9 Å². The quantitative estimate of drug-likeness (QED) is 0.623. The number of aromatic nitrogens is 1. The zero-order valence-electron chi connectivity index (χ0n) is 16.2. The summed E-state index contributed by atoms with van der Waals surface area (Å²) in [5.41, 5.74) is 9.94. The highest BCUT2D eigenvalue weighted by molar-refractivity contribution is 5.97. The van der Waals surface area contributed by atoms with Crippen molar-refractivity contribution < 1.29 is 14.6 Å². The van der Waals surface area contributed by atoms with Gasteiger partial charge in [0.25, 0.3) is 0 Å². The van der Waals surface area contributed by atoms with Crippen LogP contribution >= 0.6 is 0 Å². The molecular weight excluding hydrogens is 354 g/mol. The van der Waals surface area contributed by atoms with Gasteiger partial charge in [0.1, 0.15) is 0 Å². The van der Waals surface area contributed by atoms with E-state index in [4.69, 9.17) is 10.5 Å². The number of carbonyl (C=O) groups is 1. The molecule has 2 aromatic rings. The number of Topliss-reactive ketones (excluding diaryl/α,β-unsaturated/α-hetero) is 1. The minimum Gasteiger partial charge on any atom is -0.481 e. The third kappa shape index (κ3) is 3.62. The molecule has 0 spiro atoms. The Kier molecular flexibility index (Phi) is 5.33. The van der Waals surface area contributed by atoms with Crippen LogP contribution in [0.15, 0.2) is 36.5 Å². The number of benzene rings is 1. The molecule has 1 aromatic heterocycles. The van der Waals surface area contributed by atoms with Crippen molar-refractivity contribution in [2.45, 2.75) is 37.8 Å². The molecule has 2 aliphatic rings. The molecule has 148 valence electrons. The second-order valence-corrected chi connectivity index (χ2v) is 7.79. The number of likely N-dealkylation sites (tertiary alicyclic amines) is 1. The number of hydrogen-bond donors (Lipinski definition) is 2. The zero-order valence-corrected chi connectivity index (χ0v) is 16.2. The fourth-order valence-corrected chi connectivity index (χ4v) is 4.55. The van der Waals surface area contributed by atoms with Crippen LogP contribution in [-0.2, 0) is 12.8 Å². The number of nitrogens with two attached hydrogens (primary N) is 1. The van der Waals surface area contributed by atoms with E-state index in [1.807, 2.05) is 12.1 Å². The van der Waals surface area contributed by atoms with Crippen molar-refractivity contribution in [3.05, 3.63) is 53.2 Å². The number of rotatable bonds is 4. The number of nitrogens with zero attached hydrogens (tertiary/aromatic N) is 2. The van der Waals surface area contributed by atoms with E-state index in [1.165, 1.54) is 5.56 Å². The third-order valence-corrected chi connectivity index (χ3v) is 6.20. The maximum absolute atomic E-state index is 12.8. The summed E-state index contributed by atoms with van der Waals surface area (Å²) in [5.74, 6) is 0.662. The van der Waals surface area contributed by atoms with Crippen LogP contribution in [-0.4, -0.2) is 53.1 Å². The first-order valence-electron chi connectivity index (χ1n) is 9.89. The van der Waals surface area contributed by atoms with Gasteiger partial charge in [-0.1, -0.05) is 12.1 Å². The molecule has 4 rings (SSSR count). The van der Waals surface area contributed by atoms with Crippen LogP contribution < -0.4 is 10.5 Å². The summed E-state index contributed by atoms with van der Waals surface area (Å²) in [6, 6.07) is 9.51. The van der Waals surface area contributed by atoms with Crippen molar-refractivity contribution in [2.24, 2.45) is 5.92 Å². The van der Waals surface area contributed by atoms with E-state index in [-0.39, 0.29) is 17.7 Å². The number of hydrogen-bond acceptors (Lipinski definition) is 6. The summed E-state index contributed by atoms with van der Waals surface area (Å²) in [5, 5.41) is 10.7. The molecule has 0 radical (unpaired) electrons. The Bertz CT molecular complexity index is 845. The first kappa shape index (κ1) is 18.9. The molecule has 2 heterocycles. The van der Waals surface area contributed by atoms with Crippen molar-refractivity contribution in [1.29, 1.82) is 0 Å². The monoisotopic (exact) mass is 381 g/mol. The van der Waals surface area contributed by atoms with Gasteiger partial charge in [-0.2, -0.15) is 0 Å². The van der Waals surface area contributed by atoms with Gasteiger partial charge in [-0.25, -0.2) is 4.98 Å². The molecule has 1 saturated heterocycles. The molecule has 1 aliphatic carbocycles. The van der Waals surface area contributed by atoms with Gasteiger partial charge in [-0.3, -0.25) is 9.69 Å². The van der Waals surface area contributed by atoms with Gasteiger partial charge in [-0.05, 0) is 55.6 Å². The standard InChI is InChI=1S/C22H27N3O3/c1-28-21-6-5-16(13-24-21)22(27)14-7-9-25(10-8-14)19-12-17-15(11-20(19)26)3-2-4-18(17)23/h2-6,13-14,19-20,26H,7-12,23H2,1H3. The van der Waals surface area contributed by atoms with E-state index in [0.717, 1.165) is 43.6 Å². The van der Waals surface area contributed by atoms with Crippen LogP contribution in [0.1, 0.15) is 34.3 Å². The lowest BCUT2D eigenvalue weighted by molar-refractivity contribution is 0.0241. The number of anilines is 1. The molecule has 0 saturated carbocycles. The lowest BCUT2D eigenvalue weighted by Crippen LogP contribution is -2.51. The topological polar surface area (TPSA) is 88.7 Å². The molecule has 1 aliphatic heterocycles. The van der Waals surface area contributed by atoms with Crippen LogP contribution in [0.25, 0.3) is 0 Å². The van der Waals surface area contributed by atoms with Crippen LogP contribution in [0.3, 0.4) is 0 Å². The van der Waals surface area contributed by atoms with Gasteiger partial charge in [0.2, 0.25) is 5.88 Å². The van der Waals surface area contributed by atoms with Gasteiger partial charge >= 0.3 is 0 Å². The Hall–Kier alpha value is -2.44. The lowest BCUT2D eigenvalue weighted by atomic mass is 9.82. The number of pyridine rings is 1. The number of nitrogen functional groups attached to an aromatic ring is 1. The van der Waals surface area contributed by atoms with Gasteiger partial charge in [-0.15, -0.1) is 0 Å². The Balaban J connectivity index is 1.40. The maximum Gasteiger partial charge on any atom is 0.212 e. The van der Waals surface area contributed by atoms with Gasteiger partial charge in [0.05, 0.1) is 13.2 Å². The Morgan fingerprint density at radius 3 is 2.68 bits per heavy atom. The van der Waals surface area contributed by atoms with Crippen molar-refractivity contribution in [3.63, 3.8) is 0 Å². The SMILES string of the molecule is COc1ccc(C(=O)C2CCN(C3Cc4c(N)cccc4CC3O)CC2)cn1. The molecule has 6 heteroatoms. The average Bonchev–Trinajstić information content (AvgIpc) is 2.73. The normalized spacial score (nSPS) is 23.2. The smallest absolute Gasteiger partial charge is 0.212 e. The zero-order chi connectivity index (χ0) is 19.7. The van der Waals surface area contributed by atoms with Crippen molar-refractivity contribution in [3.8, 4) is 5.88 Å². The molecule has 6 nitrogen and oxygen atoms in total. The maximum atomic E-state index is 12.8.